The van der Waals surface area contributed by atoms with Crippen molar-refractivity contribution in [2.24, 2.45) is 0 Å². The van der Waals surface area contributed by atoms with Crippen molar-refractivity contribution in [3.8, 4) is 0 Å². The van der Waals surface area contributed by atoms with Crippen molar-refractivity contribution < 1.29 is 14.6 Å². The molecule has 11 heavy (non-hydrogen) atoms. The maximum Gasteiger partial charge on any atom is 0.319 e. The van der Waals surface area contributed by atoms with Crippen LogP contribution < -0.4 is 0 Å². The second-order valence-electron chi connectivity index (χ2n) is 2.65. The van der Waals surface area contributed by atoms with Gasteiger partial charge in [0, 0.05) is 6.61 Å². The molecule has 0 amide bonds. The van der Waals surface area contributed by atoms with Gasteiger partial charge in [0.2, 0.25) is 0 Å². The highest BCUT2D eigenvalue weighted by Crippen LogP contribution is 2.20. The van der Waals surface area contributed by atoms with Gasteiger partial charge >= 0.3 is 5.97 Å². The summed E-state index contributed by atoms with van der Waals surface area (Å²) in [5.74, 6) is -0.836. The first-order valence-corrected chi connectivity index (χ1v) is 4.62. The van der Waals surface area contributed by atoms with E-state index in [9.17, 15) is 4.79 Å². The quantitative estimate of drug-likeness (QED) is 0.719. The number of halogens is 1. The third-order valence-electron chi connectivity index (χ3n) is 1.78. The summed E-state index contributed by atoms with van der Waals surface area (Å²) in [6, 6.07) is 0. The van der Waals surface area contributed by atoms with Gasteiger partial charge in [-0.25, -0.2) is 0 Å². The molecular formula is C7H11BrO3. The summed E-state index contributed by atoms with van der Waals surface area (Å²) in [5, 5.41) is 8.61. The van der Waals surface area contributed by atoms with Gasteiger partial charge in [0.15, 0.2) is 0 Å². The third kappa shape index (κ3) is 2.45. The van der Waals surface area contributed by atoms with Crippen molar-refractivity contribution in [3.05, 3.63) is 0 Å². The molecule has 0 radical (unpaired) electrons. The SMILES string of the molecule is O=C(O)C(Br)C1CCCCO1. The average Bonchev–Trinajstić information content (AvgIpc) is 2.05. The lowest BCUT2D eigenvalue weighted by Crippen LogP contribution is -2.33. The fraction of sp³-hybridized carbons (Fsp3) is 0.857. The standard InChI is InChI=1S/C7H11BrO3/c8-6(7(9)10)5-3-1-2-4-11-5/h5-6H,1-4H2,(H,9,10). The van der Waals surface area contributed by atoms with E-state index in [0.717, 1.165) is 19.3 Å². The van der Waals surface area contributed by atoms with Crippen LogP contribution in [0.5, 0.6) is 0 Å². The first kappa shape index (κ1) is 9.00. The number of hydrogen-bond donors (Lipinski definition) is 1. The number of carboxylic acid groups (broad SMARTS) is 1. The highest BCUT2D eigenvalue weighted by Gasteiger charge is 2.27. The summed E-state index contributed by atoms with van der Waals surface area (Å²) in [7, 11) is 0. The van der Waals surface area contributed by atoms with E-state index in [1.165, 1.54) is 0 Å². The van der Waals surface area contributed by atoms with E-state index in [1.54, 1.807) is 0 Å². The van der Waals surface area contributed by atoms with Crippen LogP contribution in [0.4, 0.5) is 0 Å². The zero-order chi connectivity index (χ0) is 8.27. The fourth-order valence-electron chi connectivity index (χ4n) is 1.16. The summed E-state index contributed by atoms with van der Waals surface area (Å²) in [6.45, 7) is 0.694. The average molecular weight is 223 g/mol. The molecule has 0 aliphatic carbocycles. The number of rotatable bonds is 2. The van der Waals surface area contributed by atoms with Gasteiger partial charge in [0.25, 0.3) is 0 Å². The molecule has 2 atom stereocenters. The highest BCUT2D eigenvalue weighted by atomic mass is 79.9. The molecule has 64 valence electrons. The maximum atomic E-state index is 10.5. The van der Waals surface area contributed by atoms with E-state index in [4.69, 9.17) is 9.84 Å². The van der Waals surface area contributed by atoms with Crippen LogP contribution in [0.15, 0.2) is 0 Å². The summed E-state index contributed by atoms with van der Waals surface area (Å²) in [6.07, 6.45) is 2.83. The Bertz CT molecular complexity index is 143. The molecule has 1 fully saturated rings. The van der Waals surface area contributed by atoms with E-state index in [2.05, 4.69) is 15.9 Å². The van der Waals surface area contributed by atoms with E-state index < -0.39 is 10.8 Å². The van der Waals surface area contributed by atoms with Crippen LogP contribution in [0.2, 0.25) is 0 Å². The fourth-order valence-corrected chi connectivity index (χ4v) is 1.57. The number of aliphatic carboxylic acids is 1. The minimum Gasteiger partial charge on any atom is -0.480 e. The number of carboxylic acids is 1. The van der Waals surface area contributed by atoms with Gasteiger partial charge in [-0.3, -0.25) is 4.79 Å². The van der Waals surface area contributed by atoms with Crippen molar-refractivity contribution in [3.63, 3.8) is 0 Å². The summed E-state index contributed by atoms with van der Waals surface area (Å²) in [4.78, 5) is 9.93. The monoisotopic (exact) mass is 222 g/mol. The second kappa shape index (κ2) is 4.07. The number of hydrogen-bond acceptors (Lipinski definition) is 2. The molecule has 1 aliphatic rings. The largest absolute Gasteiger partial charge is 0.480 e. The van der Waals surface area contributed by atoms with Crippen molar-refractivity contribution in [2.45, 2.75) is 30.2 Å². The predicted molar refractivity (Wildman–Crippen MR) is 43.9 cm³/mol. The number of carbonyl (C=O) groups is 1. The van der Waals surface area contributed by atoms with E-state index in [0.29, 0.717) is 6.61 Å². The summed E-state index contributed by atoms with van der Waals surface area (Å²) >= 11 is 3.08. The number of alkyl halides is 1. The minimum absolute atomic E-state index is 0.138. The minimum atomic E-state index is -0.836. The summed E-state index contributed by atoms with van der Waals surface area (Å²) in [5.41, 5.74) is 0. The molecule has 0 saturated carbocycles. The van der Waals surface area contributed by atoms with Gasteiger partial charge < -0.3 is 9.84 Å². The predicted octanol–water partition coefficient (Wildman–Crippen LogP) is 1.40. The molecule has 0 aromatic rings. The van der Waals surface area contributed by atoms with E-state index in [1.807, 2.05) is 0 Å². The van der Waals surface area contributed by atoms with Gasteiger partial charge in [0.1, 0.15) is 4.83 Å². The van der Waals surface area contributed by atoms with Gasteiger partial charge in [-0.15, -0.1) is 0 Å². The Morgan fingerprint density at radius 1 is 1.64 bits per heavy atom. The van der Waals surface area contributed by atoms with Crippen LogP contribution in [0.3, 0.4) is 0 Å². The zero-order valence-corrected chi connectivity index (χ0v) is 7.71. The Morgan fingerprint density at radius 3 is 2.82 bits per heavy atom. The van der Waals surface area contributed by atoms with E-state index in [-0.39, 0.29) is 6.10 Å². The lowest BCUT2D eigenvalue weighted by molar-refractivity contribution is -0.139. The molecular weight excluding hydrogens is 212 g/mol. The Morgan fingerprint density at radius 2 is 2.36 bits per heavy atom. The normalized spacial score (nSPS) is 27.9. The molecule has 1 heterocycles. The van der Waals surface area contributed by atoms with Crippen LogP contribution in [0.25, 0.3) is 0 Å². The van der Waals surface area contributed by atoms with Gasteiger partial charge in [0.05, 0.1) is 6.10 Å². The first-order valence-electron chi connectivity index (χ1n) is 3.70. The van der Waals surface area contributed by atoms with Crippen molar-refractivity contribution in [1.82, 2.24) is 0 Å². The van der Waals surface area contributed by atoms with Crippen molar-refractivity contribution in [2.75, 3.05) is 6.61 Å². The Kier molecular flexibility index (Phi) is 3.33. The molecule has 0 bridgehead atoms. The Hall–Kier alpha value is -0.0900. The van der Waals surface area contributed by atoms with Crippen LogP contribution in [0.1, 0.15) is 19.3 Å². The van der Waals surface area contributed by atoms with Crippen molar-refractivity contribution >= 4 is 21.9 Å². The van der Waals surface area contributed by atoms with Crippen LogP contribution in [-0.4, -0.2) is 28.6 Å². The van der Waals surface area contributed by atoms with Crippen LogP contribution in [-0.2, 0) is 9.53 Å². The third-order valence-corrected chi connectivity index (χ3v) is 2.76. The molecule has 4 heteroatoms. The number of ether oxygens (including phenoxy) is 1. The smallest absolute Gasteiger partial charge is 0.319 e. The second-order valence-corrected chi connectivity index (χ2v) is 3.63. The summed E-state index contributed by atoms with van der Waals surface area (Å²) < 4.78 is 5.27. The zero-order valence-electron chi connectivity index (χ0n) is 6.12. The molecule has 0 aromatic heterocycles. The molecule has 1 rings (SSSR count). The molecule has 1 N–H and O–H groups in total. The van der Waals surface area contributed by atoms with Crippen LogP contribution >= 0.6 is 15.9 Å². The maximum absolute atomic E-state index is 10.5. The Labute approximate surface area is 73.9 Å². The molecule has 1 saturated heterocycles. The van der Waals surface area contributed by atoms with Crippen molar-refractivity contribution in [1.29, 1.82) is 0 Å². The lowest BCUT2D eigenvalue weighted by Gasteiger charge is -2.24. The molecule has 2 unspecified atom stereocenters. The van der Waals surface area contributed by atoms with E-state index >= 15 is 0 Å². The van der Waals surface area contributed by atoms with Crippen LogP contribution in [0, 0.1) is 0 Å². The topological polar surface area (TPSA) is 46.5 Å². The van der Waals surface area contributed by atoms with Gasteiger partial charge in [-0.2, -0.15) is 0 Å². The molecule has 1 aliphatic heterocycles. The molecule has 0 spiro atoms. The molecule has 3 nitrogen and oxygen atoms in total. The Balaban J connectivity index is 2.38. The molecule has 0 aromatic carbocycles. The first-order chi connectivity index (χ1) is 5.22. The lowest BCUT2D eigenvalue weighted by atomic mass is 10.1. The van der Waals surface area contributed by atoms with Gasteiger partial charge in [-0.1, -0.05) is 15.9 Å². The van der Waals surface area contributed by atoms with Gasteiger partial charge in [-0.05, 0) is 19.3 Å². The highest BCUT2D eigenvalue weighted by molar-refractivity contribution is 9.10.